The predicted octanol–water partition coefficient (Wildman–Crippen LogP) is 2.69. The maximum atomic E-state index is 6.38. The molecule has 2 N–H and O–H groups in total. The molecule has 0 saturated carbocycles. The summed E-state index contributed by atoms with van der Waals surface area (Å²) in [7, 11) is 0. The summed E-state index contributed by atoms with van der Waals surface area (Å²) in [6.07, 6.45) is 6.55. The van der Waals surface area contributed by atoms with Crippen LogP contribution in [0.4, 0.5) is 0 Å². The Bertz CT molecular complexity index is 712. The lowest BCUT2D eigenvalue weighted by atomic mass is 9.97. The van der Waals surface area contributed by atoms with Crippen molar-refractivity contribution < 1.29 is 0 Å². The lowest BCUT2D eigenvalue weighted by Gasteiger charge is -2.13. The molecule has 0 aliphatic carbocycles. The van der Waals surface area contributed by atoms with Crippen LogP contribution in [0.5, 0.6) is 0 Å². The van der Waals surface area contributed by atoms with Crippen molar-refractivity contribution in [2.45, 2.75) is 25.9 Å². The van der Waals surface area contributed by atoms with Crippen molar-refractivity contribution in [1.82, 2.24) is 14.8 Å². The van der Waals surface area contributed by atoms with Gasteiger partial charge in [-0.1, -0.05) is 18.2 Å². The van der Waals surface area contributed by atoms with E-state index in [4.69, 9.17) is 5.73 Å². The van der Waals surface area contributed by atoms with Crippen LogP contribution in [0.2, 0.25) is 0 Å². The highest BCUT2D eigenvalue weighted by molar-refractivity contribution is 5.82. The van der Waals surface area contributed by atoms with Gasteiger partial charge >= 0.3 is 0 Å². The summed E-state index contributed by atoms with van der Waals surface area (Å²) in [4.78, 5) is 4.38. The van der Waals surface area contributed by atoms with E-state index in [2.05, 4.69) is 35.3 Å². The summed E-state index contributed by atoms with van der Waals surface area (Å²) in [5, 5.41) is 5.42. The Morgan fingerprint density at radius 1 is 1.25 bits per heavy atom. The Morgan fingerprint density at radius 3 is 2.95 bits per heavy atom. The second-order valence-corrected chi connectivity index (χ2v) is 4.93. The molecular weight excluding hydrogens is 248 g/mol. The number of aromatic nitrogens is 3. The van der Waals surface area contributed by atoms with Crippen LogP contribution in [0.15, 0.2) is 48.9 Å². The first kappa shape index (κ1) is 12.8. The third-order valence-corrected chi connectivity index (χ3v) is 3.55. The fourth-order valence-corrected chi connectivity index (χ4v) is 2.50. The van der Waals surface area contributed by atoms with Gasteiger partial charge in [-0.25, -0.2) is 0 Å². The van der Waals surface area contributed by atoms with Crippen LogP contribution in [-0.4, -0.2) is 14.8 Å². The van der Waals surface area contributed by atoms with Crippen LogP contribution in [0, 0.1) is 0 Å². The third kappa shape index (κ3) is 2.42. The van der Waals surface area contributed by atoms with Crippen molar-refractivity contribution in [3.05, 3.63) is 60.0 Å². The van der Waals surface area contributed by atoms with Gasteiger partial charge in [0.15, 0.2) is 0 Å². The van der Waals surface area contributed by atoms with E-state index in [1.807, 2.05) is 35.3 Å². The maximum absolute atomic E-state index is 6.38. The molecule has 1 aromatic carbocycles. The summed E-state index contributed by atoms with van der Waals surface area (Å²) in [5.41, 5.74) is 9.68. The van der Waals surface area contributed by atoms with Gasteiger partial charge in [-0.3, -0.25) is 9.67 Å². The van der Waals surface area contributed by atoms with Crippen molar-refractivity contribution in [2.24, 2.45) is 5.73 Å². The van der Waals surface area contributed by atoms with Crippen LogP contribution < -0.4 is 5.73 Å². The molecule has 3 aromatic rings. The van der Waals surface area contributed by atoms with E-state index in [9.17, 15) is 0 Å². The van der Waals surface area contributed by atoms with E-state index < -0.39 is 0 Å². The van der Waals surface area contributed by atoms with Crippen molar-refractivity contribution in [3.63, 3.8) is 0 Å². The molecule has 4 nitrogen and oxygen atoms in total. The summed E-state index contributed by atoms with van der Waals surface area (Å²) in [6, 6.07) is 10.1. The van der Waals surface area contributed by atoms with Gasteiger partial charge in [-0.15, -0.1) is 0 Å². The molecule has 0 aliphatic heterocycles. The fourth-order valence-electron chi connectivity index (χ4n) is 2.50. The van der Waals surface area contributed by atoms with E-state index in [0.29, 0.717) is 0 Å². The first-order valence-electron chi connectivity index (χ1n) is 6.88. The Labute approximate surface area is 118 Å². The Hall–Kier alpha value is -2.20. The second kappa shape index (κ2) is 5.43. The number of fused-ring (bicyclic) bond motifs is 1. The van der Waals surface area contributed by atoms with Gasteiger partial charge in [-0.05, 0) is 36.6 Å². The number of hydrogen-bond acceptors (Lipinski definition) is 3. The van der Waals surface area contributed by atoms with Crippen LogP contribution in [0.3, 0.4) is 0 Å². The van der Waals surface area contributed by atoms with Crippen LogP contribution in [0.1, 0.15) is 24.1 Å². The smallest absolute Gasteiger partial charge is 0.0705 e. The van der Waals surface area contributed by atoms with E-state index in [1.165, 1.54) is 5.56 Å². The van der Waals surface area contributed by atoms with Crippen LogP contribution in [0.25, 0.3) is 10.9 Å². The van der Waals surface area contributed by atoms with Gasteiger partial charge in [-0.2, -0.15) is 5.10 Å². The molecule has 0 fully saturated rings. The summed E-state index contributed by atoms with van der Waals surface area (Å²) in [5.74, 6) is 0. The van der Waals surface area contributed by atoms with Gasteiger partial charge < -0.3 is 5.73 Å². The van der Waals surface area contributed by atoms with Crippen molar-refractivity contribution >= 4 is 10.9 Å². The minimum absolute atomic E-state index is 0.0441. The number of nitrogens with two attached hydrogens (primary N) is 1. The van der Waals surface area contributed by atoms with E-state index >= 15 is 0 Å². The van der Waals surface area contributed by atoms with E-state index in [0.717, 1.165) is 29.4 Å². The van der Waals surface area contributed by atoms with Crippen LogP contribution in [-0.2, 0) is 13.0 Å². The lowest BCUT2D eigenvalue weighted by Crippen LogP contribution is -2.13. The van der Waals surface area contributed by atoms with E-state index in [1.54, 1.807) is 0 Å². The average molecular weight is 266 g/mol. The number of aryl methyl sites for hydroxylation is 1. The molecule has 0 amide bonds. The van der Waals surface area contributed by atoms with E-state index in [-0.39, 0.29) is 6.04 Å². The largest absolute Gasteiger partial charge is 0.324 e. The zero-order valence-electron chi connectivity index (χ0n) is 11.5. The third-order valence-electron chi connectivity index (χ3n) is 3.55. The highest BCUT2D eigenvalue weighted by Gasteiger charge is 2.11. The first-order chi connectivity index (χ1) is 9.78. The standard InChI is InChI=1S/C16H18N4/c1-2-20-11-12(10-19-20)9-15(17)13-5-3-7-16-14(13)6-4-8-18-16/h3-8,10-11,15H,2,9,17H2,1H3. The molecule has 1 unspecified atom stereocenters. The lowest BCUT2D eigenvalue weighted by molar-refractivity contribution is 0.657. The fraction of sp³-hybridized carbons (Fsp3) is 0.250. The van der Waals surface area contributed by atoms with Crippen LogP contribution >= 0.6 is 0 Å². The number of benzene rings is 1. The molecule has 2 aromatic heterocycles. The summed E-state index contributed by atoms with van der Waals surface area (Å²) >= 11 is 0. The van der Waals surface area contributed by atoms with Gasteiger partial charge in [0.1, 0.15) is 0 Å². The Kier molecular flexibility index (Phi) is 3.48. The second-order valence-electron chi connectivity index (χ2n) is 4.93. The minimum atomic E-state index is -0.0441. The van der Waals surface area contributed by atoms with Gasteiger partial charge in [0.2, 0.25) is 0 Å². The predicted molar refractivity (Wildman–Crippen MR) is 80.3 cm³/mol. The summed E-state index contributed by atoms with van der Waals surface area (Å²) < 4.78 is 1.92. The van der Waals surface area contributed by atoms with Crippen molar-refractivity contribution in [2.75, 3.05) is 0 Å². The number of rotatable bonds is 4. The average Bonchev–Trinajstić information content (AvgIpc) is 2.94. The van der Waals surface area contributed by atoms with Gasteiger partial charge in [0, 0.05) is 30.4 Å². The maximum Gasteiger partial charge on any atom is 0.0705 e. The molecule has 0 bridgehead atoms. The molecule has 3 rings (SSSR count). The topological polar surface area (TPSA) is 56.7 Å². The molecule has 0 saturated heterocycles. The van der Waals surface area contributed by atoms with Crippen molar-refractivity contribution in [1.29, 1.82) is 0 Å². The Balaban J connectivity index is 1.90. The normalized spacial score (nSPS) is 12.7. The van der Waals surface area contributed by atoms with Crippen molar-refractivity contribution in [3.8, 4) is 0 Å². The number of hydrogen-bond donors (Lipinski definition) is 1. The Morgan fingerprint density at radius 2 is 2.15 bits per heavy atom. The molecule has 20 heavy (non-hydrogen) atoms. The highest BCUT2D eigenvalue weighted by atomic mass is 15.3. The molecule has 0 aliphatic rings. The number of pyridine rings is 1. The molecule has 102 valence electrons. The summed E-state index contributed by atoms with van der Waals surface area (Å²) in [6.45, 7) is 2.96. The molecule has 2 heterocycles. The molecule has 0 radical (unpaired) electrons. The molecule has 4 heteroatoms. The SMILES string of the molecule is CCn1cc(CC(N)c2cccc3ncccc23)cn1. The molecular formula is C16H18N4. The number of nitrogens with zero attached hydrogens (tertiary/aromatic N) is 3. The molecule has 0 spiro atoms. The van der Waals surface area contributed by atoms with Gasteiger partial charge in [0.05, 0.1) is 11.7 Å². The zero-order valence-corrected chi connectivity index (χ0v) is 11.5. The minimum Gasteiger partial charge on any atom is -0.324 e. The highest BCUT2D eigenvalue weighted by Crippen LogP contribution is 2.23. The first-order valence-corrected chi connectivity index (χ1v) is 6.88. The molecule has 1 atom stereocenters. The zero-order chi connectivity index (χ0) is 13.9. The monoisotopic (exact) mass is 266 g/mol. The quantitative estimate of drug-likeness (QED) is 0.790. The van der Waals surface area contributed by atoms with Gasteiger partial charge in [0.25, 0.3) is 0 Å².